The molecule has 0 fully saturated rings. The van der Waals surface area contributed by atoms with Gasteiger partial charge in [-0.1, -0.05) is 6.92 Å². The lowest BCUT2D eigenvalue weighted by Gasteiger charge is -2.09. The van der Waals surface area contributed by atoms with Crippen LogP contribution in [0.5, 0.6) is 11.6 Å². The number of alkyl halides is 3. The maximum Gasteiger partial charge on any atom is 0.416 e. The van der Waals surface area contributed by atoms with Crippen LogP contribution in [0.15, 0.2) is 66.9 Å². The lowest BCUT2D eigenvalue weighted by atomic mass is 10.1. The molecule has 0 atom stereocenters. The Morgan fingerprint density at radius 3 is 2.10 bits per heavy atom. The Hall–Kier alpha value is -3.68. The van der Waals surface area contributed by atoms with Crippen LogP contribution in [-0.4, -0.2) is 16.7 Å². The van der Waals surface area contributed by atoms with Crippen molar-refractivity contribution < 1.29 is 27.5 Å². The molecule has 1 aromatic heterocycles. The zero-order chi connectivity index (χ0) is 21.7. The summed E-state index contributed by atoms with van der Waals surface area (Å²) in [5.74, 6) is 0.247. The van der Waals surface area contributed by atoms with Crippen molar-refractivity contribution in [2.75, 3.05) is 5.32 Å². The number of hydrogen-bond acceptors (Lipinski definition) is 4. The van der Waals surface area contributed by atoms with Crippen LogP contribution in [0, 0.1) is 0 Å². The number of nitrogens with one attached hydrogen (secondary N) is 1. The highest BCUT2D eigenvalue weighted by Crippen LogP contribution is 2.29. The highest BCUT2D eigenvalue weighted by molar-refractivity contribution is 6.04. The number of pyridine rings is 1. The van der Waals surface area contributed by atoms with Crippen LogP contribution < -0.4 is 10.1 Å². The van der Waals surface area contributed by atoms with Crippen molar-refractivity contribution >= 4 is 17.4 Å². The van der Waals surface area contributed by atoms with E-state index in [2.05, 4.69) is 10.3 Å². The van der Waals surface area contributed by atoms with Crippen molar-refractivity contribution in [1.82, 2.24) is 4.98 Å². The number of anilines is 1. The van der Waals surface area contributed by atoms with Gasteiger partial charge in [0.15, 0.2) is 5.78 Å². The first-order valence-electron chi connectivity index (χ1n) is 9.02. The molecule has 0 aliphatic rings. The number of carbonyl (C=O) groups excluding carboxylic acids is 2. The molecule has 2 aromatic carbocycles. The molecule has 5 nitrogen and oxygen atoms in total. The number of ether oxygens (including phenoxy) is 1. The van der Waals surface area contributed by atoms with Crippen LogP contribution in [0.2, 0.25) is 0 Å². The summed E-state index contributed by atoms with van der Waals surface area (Å²) in [5.41, 5.74) is 0.217. The van der Waals surface area contributed by atoms with Gasteiger partial charge in [0.1, 0.15) is 5.75 Å². The SMILES string of the molecule is CCC(=O)c1ccc(Oc2ccc(NC(=O)c3ccc(C(F)(F)F)cc3)cn2)cc1. The summed E-state index contributed by atoms with van der Waals surface area (Å²) in [6, 6.07) is 13.7. The summed E-state index contributed by atoms with van der Waals surface area (Å²) < 4.78 is 43.4. The fraction of sp³-hybridized carbons (Fsp3) is 0.136. The van der Waals surface area contributed by atoms with E-state index in [-0.39, 0.29) is 17.2 Å². The number of hydrogen-bond donors (Lipinski definition) is 1. The van der Waals surface area contributed by atoms with E-state index < -0.39 is 17.6 Å². The Morgan fingerprint density at radius 1 is 0.933 bits per heavy atom. The van der Waals surface area contributed by atoms with Gasteiger partial charge in [-0.3, -0.25) is 9.59 Å². The van der Waals surface area contributed by atoms with Crippen molar-refractivity contribution in [3.05, 3.63) is 83.6 Å². The van der Waals surface area contributed by atoms with Crippen molar-refractivity contribution in [3.8, 4) is 11.6 Å². The average molecular weight is 414 g/mol. The first-order chi connectivity index (χ1) is 14.3. The molecule has 0 saturated carbocycles. The van der Waals surface area contributed by atoms with Crippen LogP contribution in [0.1, 0.15) is 39.6 Å². The van der Waals surface area contributed by atoms with Crippen LogP contribution in [-0.2, 0) is 6.18 Å². The van der Waals surface area contributed by atoms with E-state index in [9.17, 15) is 22.8 Å². The van der Waals surface area contributed by atoms with Gasteiger partial charge >= 0.3 is 6.18 Å². The monoisotopic (exact) mass is 414 g/mol. The smallest absolute Gasteiger partial charge is 0.416 e. The van der Waals surface area contributed by atoms with Crippen molar-refractivity contribution in [1.29, 1.82) is 0 Å². The van der Waals surface area contributed by atoms with E-state index >= 15 is 0 Å². The number of aromatic nitrogens is 1. The average Bonchev–Trinajstić information content (AvgIpc) is 2.74. The van der Waals surface area contributed by atoms with Gasteiger partial charge in [-0.25, -0.2) is 4.98 Å². The van der Waals surface area contributed by atoms with Crippen LogP contribution >= 0.6 is 0 Å². The van der Waals surface area contributed by atoms with E-state index in [1.807, 2.05) is 0 Å². The molecule has 0 saturated heterocycles. The number of halogens is 3. The van der Waals surface area contributed by atoms with E-state index in [0.29, 0.717) is 23.4 Å². The molecule has 0 unspecified atom stereocenters. The number of Topliss-reactive ketones (excluding diaryl/α,β-unsaturated/α-hetero) is 1. The number of amides is 1. The Bertz CT molecular complexity index is 1030. The molecule has 3 rings (SSSR count). The molecule has 1 N–H and O–H groups in total. The van der Waals surface area contributed by atoms with E-state index in [1.54, 1.807) is 37.3 Å². The topological polar surface area (TPSA) is 68.3 Å². The molecule has 0 aliphatic carbocycles. The third-order valence-corrected chi connectivity index (χ3v) is 4.19. The molecule has 154 valence electrons. The van der Waals surface area contributed by atoms with Gasteiger partial charge in [0, 0.05) is 23.6 Å². The van der Waals surface area contributed by atoms with Crippen molar-refractivity contribution in [3.63, 3.8) is 0 Å². The van der Waals surface area contributed by atoms with Gasteiger partial charge in [-0.05, 0) is 54.6 Å². The second-order valence-corrected chi connectivity index (χ2v) is 6.32. The Balaban J connectivity index is 1.61. The molecule has 0 radical (unpaired) electrons. The lowest BCUT2D eigenvalue weighted by Crippen LogP contribution is -2.13. The van der Waals surface area contributed by atoms with Gasteiger partial charge in [0.05, 0.1) is 17.4 Å². The standard InChI is InChI=1S/C22H17F3N2O3/c1-2-19(28)14-5-10-18(11-6-14)30-20-12-9-17(13-26-20)27-21(29)15-3-7-16(8-4-15)22(23,24)25/h3-13H,2H2,1H3,(H,27,29). The quantitative estimate of drug-likeness (QED) is 0.523. The third-order valence-electron chi connectivity index (χ3n) is 4.19. The zero-order valence-electron chi connectivity index (χ0n) is 15.9. The maximum absolute atomic E-state index is 12.6. The third kappa shape index (κ3) is 5.22. The molecule has 0 aliphatic heterocycles. The van der Waals surface area contributed by atoms with Gasteiger partial charge in [-0.2, -0.15) is 13.2 Å². The molecule has 1 amide bonds. The number of carbonyl (C=O) groups is 2. The van der Waals surface area contributed by atoms with E-state index in [4.69, 9.17) is 4.74 Å². The second-order valence-electron chi connectivity index (χ2n) is 6.32. The molecule has 8 heteroatoms. The Labute approximate surface area is 170 Å². The van der Waals surface area contributed by atoms with Gasteiger partial charge in [0.2, 0.25) is 5.88 Å². The molecular weight excluding hydrogens is 397 g/mol. The summed E-state index contributed by atoms with van der Waals surface area (Å²) in [7, 11) is 0. The number of nitrogens with zero attached hydrogens (tertiary/aromatic N) is 1. The molecule has 0 bridgehead atoms. The van der Waals surface area contributed by atoms with Gasteiger partial charge in [-0.15, -0.1) is 0 Å². The van der Waals surface area contributed by atoms with Crippen LogP contribution in [0.25, 0.3) is 0 Å². The predicted molar refractivity (Wildman–Crippen MR) is 105 cm³/mol. The second kappa shape index (κ2) is 8.77. The lowest BCUT2D eigenvalue weighted by molar-refractivity contribution is -0.137. The number of benzene rings is 2. The largest absolute Gasteiger partial charge is 0.439 e. The first-order valence-corrected chi connectivity index (χ1v) is 9.02. The van der Waals surface area contributed by atoms with Gasteiger partial charge < -0.3 is 10.1 Å². The highest BCUT2D eigenvalue weighted by Gasteiger charge is 2.30. The summed E-state index contributed by atoms with van der Waals surface area (Å²) in [6.45, 7) is 1.79. The van der Waals surface area contributed by atoms with Crippen molar-refractivity contribution in [2.24, 2.45) is 0 Å². The minimum atomic E-state index is -4.46. The van der Waals surface area contributed by atoms with E-state index in [1.165, 1.54) is 12.3 Å². The summed E-state index contributed by atoms with van der Waals surface area (Å²) in [6.07, 6.45) is -2.67. The van der Waals surface area contributed by atoms with Crippen LogP contribution in [0.3, 0.4) is 0 Å². The number of rotatable bonds is 6. The molecule has 30 heavy (non-hydrogen) atoms. The normalized spacial score (nSPS) is 11.1. The number of ketones is 1. The summed E-state index contributed by atoms with van der Waals surface area (Å²) in [4.78, 5) is 27.9. The molecule has 1 heterocycles. The summed E-state index contributed by atoms with van der Waals surface area (Å²) in [5, 5.41) is 2.56. The zero-order valence-corrected chi connectivity index (χ0v) is 15.9. The molecule has 3 aromatic rings. The Kier molecular flexibility index (Phi) is 6.15. The molecule has 0 spiro atoms. The summed E-state index contributed by atoms with van der Waals surface area (Å²) >= 11 is 0. The van der Waals surface area contributed by atoms with Crippen molar-refractivity contribution in [2.45, 2.75) is 19.5 Å². The fourth-order valence-electron chi connectivity index (χ4n) is 2.56. The minimum Gasteiger partial charge on any atom is -0.439 e. The van der Waals surface area contributed by atoms with Crippen LogP contribution in [0.4, 0.5) is 18.9 Å². The maximum atomic E-state index is 12.6. The van der Waals surface area contributed by atoms with E-state index in [0.717, 1.165) is 24.3 Å². The fourth-order valence-corrected chi connectivity index (χ4v) is 2.56. The minimum absolute atomic E-state index is 0.0350. The van der Waals surface area contributed by atoms with Gasteiger partial charge in [0.25, 0.3) is 5.91 Å². The predicted octanol–water partition coefficient (Wildman–Crippen LogP) is 5.74. The highest BCUT2D eigenvalue weighted by atomic mass is 19.4. The first kappa shape index (κ1) is 21.0. The Morgan fingerprint density at radius 2 is 1.57 bits per heavy atom. The molecular formula is C22H17F3N2O3.